The van der Waals surface area contributed by atoms with Crippen molar-refractivity contribution in [3.63, 3.8) is 0 Å². The summed E-state index contributed by atoms with van der Waals surface area (Å²) in [7, 11) is 1.57. The minimum absolute atomic E-state index is 0.312. The second-order valence-corrected chi connectivity index (χ2v) is 5.31. The summed E-state index contributed by atoms with van der Waals surface area (Å²) >= 11 is 6.29. The quantitative estimate of drug-likeness (QED) is 0.653. The molecule has 0 N–H and O–H groups in total. The normalized spacial score (nSPS) is 10.5. The number of benzene rings is 2. The lowest BCUT2D eigenvalue weighted by molar-refractivity contribution is 0.413. The van der Waals surface area contributed by atoms with Gasteiger partial charge >= 0.3 is 0 Å². The van der Waals surface area contributed by atoms with Crippen molar-refractivity contribution >= 4 is 11.6 Å². The highest BCUT2D eigenvalue weighted by molar-refractivity contribution is 6.31. The summed E-state index contributed by atoms with van der Waals surface area (Å²) in [5, 5.41) is 0.312. The zero-order valence-electron chi connectivity index (χ0n) is 12.4. The average Bonchev–Trinajstić information content (AvgIpc) is 2.55. The van der Waals surface area contributed by atoms with Gasteiger partial charge in [-0.3, -0.25) is 0 Å². The monoisotopic (exact) mass is 310 g/mol. The second-order valence-electron chi connectivity index (χ2n) is 4.95. The van der Waals surface area contributed by atoms with E-state index in [2.05, 4.69) is 9.97 Å². The maximum Gasteiger partial charge on any atom is 0.182 e. The fraction of sp³-hybridized carbons (Fsp3) is 0.111. The first-order valence-electron chi connectivity index (χ1n) is 6.93. The van der Waals surface area contributed by atoms with Crippen molar-refractivity contribution < 1.29 is 4.74 Å². The van der Waals surface area contributed by atoms with Crippen LogP contribution in [0.2, 0.25) is 5.15 Å². The molecule has 0 radical (unpaired) electrons. The lowest BCUT2D eigenvalue weighted by atomic mass is 10.1. The predicted octanol–water partition coefficient (Wildman–Crippen LogP) is 4.78. The minimum Gasteiger partial charge on any atom is -0.491 e. The highest BCUT2D eigenvalue weighted by Crippen LogP contribution is 2.35. The van der Waals surface area contributed by atoms with Crippen LogP contribution in [0.5, 0.6) is 5.75 Å². The third kappa shape index (κ3) is 2.81. The Kier molecular flexibility index (Phi) is 4.07. The molecule has 3 rings (SSSR count). The topological polar surface area (TPSA) is 35.0 Å². The molecule has 110 valence electrons. The van der Waals surface area contributed by atoms with E-state index < -0.39 is 0 Å². The molecule has 1 heterocycles. The standard InChI is InChI=1S/C18H15ClN2O/c1-12-8-10-13(11-9-12)15-16(22-2)17(19)21-18(20-15)14-6-4-3-5-7-14/h3-11H,1-2H3. The number of hydrogen-bond acceptors (Lipinski definition) is 3. The number of rotatable bonds is 3. The number of aromatic nitrogens is 2. The maximum absolute atomic E-state index is 6.29. The van der Waals surface area contributed by atoms with Gasteiger partial charge in [0.2, 0.25) is 0 Å². The summed E-state index contributed by atoms with van der Waals surface area (Å²) in [4.78, 5) is 9.00. The van der Waals surface area contributed by atoms with Crippen molar-refractivity contribution in [2.75, 3.05) is 7.11 Å². The SMILES string of the molecule is COc1c(Cl)nc(-c2ccccc2)nc1-c1ccc(C)cc1. The van der Waals surface area contributed by atoms with Crippen LogP contribution in [0.15, 0.2) is 54.6 Å². The maximum atomic E-state index is 6.29. The lowest BCUT2D eigenvalue weighted by Crippen LogP contribution is -1.98. The van der Waals surface area contributed by atoms with Crippen molar-refractivity contribution in [1.82, 2.24) is 9.97 Å². The van der Waals surface area contributed by atoms with Crippen molar-refractivity contribution in [2.45, 2.75) is 6.92 Å². The predicted molar refractivity (Wildman–Crippen MR) is 89.2 cm³/mol. The molecule has 3 nitrogen and oxygen atoms in total. The Morgan fingerprint density at radius 1 is 0.864 bits per heavy atom. The van der Waals surface area contributed by atoms with E-state index in [-0.39, 0.29) is 0 Å². The Labute approximate surface area is 134 Å². The van der Waals surface area contributed by atoms with Gasteiger partial charge in [-0.25, -0.2) is 9.97 Å². The fourth-order valence-corrected chi connectivity index (χ4v) is 2.47. The van der Waals surface area contributed by atoms with Gasteiger partial charge in [0.1, 0.15) is 5.69 Å². The molecule has 22 heavy (non-hydrogen) atoms. The Morgan fingerprint density at radius 2 is 1.55 bits per heavy atom. The average molecular weight is 311 g/mol. The van der Waals surface area contributed by atoms with Gasteiger partial charge in [0.05, 0.1) is 7.11 Å². The van der Waals surface area contributed by atoms with Crippen LogP contribution < -0.4 is 4.74 Å². The Hall–Kier alpha value is -2.39. The molecule has 0 aliphatic heterocycles. The molecule has 3 aromatic rings. The number of methoxy groups -OCH3 is 1. The van der Waals surface area contributed by atoms with E-state index >= 15 is 0 Å². The van der Waals surface area contributed by atoms with E-state index in [1.807, 2.05) is 61.5 Å². The van der Waals surface area contributed by atoms with E-state index in [0.717, 1.165) is 11.1 Å². The van der Waals surface area contributed by atoms with E-state index in [1.54, 1.807) is 7.11 Å². The molecule has 0 amide bonds. The van der Waals surface area contributed by atoms with Gasteiger partial charge in [-0.1, -0.05) is 71.8 Å². The number of hydrogen-bond donors (Lipinski definition) is 0. The van der Waals surface area contributed by atoms with Gasteiger partial charge < -0.3 is 4.74 Å². The zero-order valence-corrected chi connectivity index (χ0v) is 13.1. The molecule has 0 spiro atoms. The molecule has 4 heteroatoms. The van der Waals surface area contributed by atoms with Crippen molar-refractivity contribution in [3.05, 3.63) is 65.3 Å². The van der Waals surface area contributed by atoms with Crippen LogP contribution in [0.1, 0.15) is 5.56 Å². The summed E-state index contributed by atoms with van der Waals surface area (Å²) in [6.45, 7) is 2.05. The first kappa shape index (κ1) is 14.5. The molecule has 2 aromatic carbocycles. The van der Waals surface area contributed by atoms with Gasteiger partial charge in [0, 0.05) is 11.1 Å². The zero-order chi connectivity index (χ0) is 15.5. The number of nitrogens with zero attached hydrogens (tertiary/aromatic N) is 2. The van der Waals surface area contributed by atoms with Gasteiger partial charge in [-0.05, 0) is 6.92 Å². The summed E-state index contributed by atoms with van der Waals surface area (Å²) in [6.07, 6.45) is 0. The van der Waals surface area contributed by atoms with Crippen LogP contribution in [0.3, 0.4) is 0 Å². The first-order valence-corrected chi connectivity index (χ1v) is 7.31. The van der Waals surface area contributed by atoms with E-state index in [0.29, 0.717) is 22.4 Å². The first-order chi connectivity index (χ1) is 10.7. The minimum atomic E-state index is 0.312. The highest BCUT2D eigenvalue weighted by Gasteiger charge is 2.16. The summed E-state index contributed by atoms with van der Waals surface area (Å²) in [5.74, 6) is 1.08. The Balaban J connectivity index is 2.19. The van der Waals surface area contributed by atoms with E-state index in [4.69, 9.17) is 16.3 Å². The van der Waals surface area contributed by atoms with Crippen LogP contribution in [-0.4, -0.2) is 17.1 Å². The smallest absolute Gasteiger partial charge is 0.182 e. The molecule has 0 unspecified atom stereocenters. The third-order valence-corrected chi connectivity index (χ3v) is 3.64. The molecule has 0 saturated carbocycles. The molecule has 0 aliphatic rings. The van der Waals surface area contributed by atoms with Crippen LogP contribution in [0, 0.1) is 6.92 Å². The van der Waals surface area contributed by atoms with Gasteiger partial charge in [-0.2, -0.15) is 0 Å². The second kappa shape index (κ2) is 6.16. The van der Waals surface area contributed by atoms with Gasteiger partial charge in [0.15, 0.2) is 16.7 Å². The molecular formula is C18H15ClN2O. The lowest BCUT2D eigenvalue weighted by Gasteiger charge is -2.11. The summed E-state index contributed by atoms with van der Waals surface area (Å²) in [6, 6.07) is 17.8. The largest absolute Gasteiger partial charge is 0.491 e. The molecular weight excluding hydrogens is 296 g/mol. The van der Waals surface area contributed by atoms with Gasteiger partial charge in [-0.15, -0.1) is 0 Å². The van der Waals surface area contributed by atoms with E-state index in [1.165, 1.54) is 5.56 Å². The third-order valence-electron chi connectivity index (χ3n) is 3.39. The number of ether oxygens (including phenoxy) is 1. The van der Waals surface area contributed by atoms with Crippen molar-refractivity contribution in [3.8, 4) is 28.4 Å². The molecule has 1 aromatic heterocycles. The highest BCUT2D eigenvalue weighted by atomic mass is 35.5. The van der Waals surface area contributed by atoms with E-state index in [9.17, 15) is 0 Å². The molecule has 0 fully saturated rings. The fourth-order valence-electron chi connectivity index (χ4n) is 2.23. The summed E-state index contributed by atoms with van der Waals surface area (Å²) in [5.41, 5.74) is 3.75. The van der Waals surface area contributed by atoms with Crippen molar-refractivity contribution in [1.29, 1.82) is 0 Å². The van der Waals surface area contributed by atoms with Crippen LogP contribution in [0.25, 0.3) is 22.6 Å². The molecule has 0 saturated heterocycles. The molecule has 0 bridgehead atoms. The van der Waals surface area contributed by atoms with Crippen LogP contribution in [0.4, 0.5) is 0 Å². The molecule has 0 atom stereocenters. The summed E-state index contributed by atoms with van der Waals surface area (Å²) < 4.78 is 5.39. The number of halogens is 1. The van der Waals surface area contributed by atoms with Gasteiger partial charge in [0.25, 0.3) is 0 Å². The van der Waals surface area contributed by atoms with Crippen LogP contribution in [-0.2, 0) is 0 Å². The van der Waals surface area contributed by atoms with Crippen LogP contribution >= 0.6 is 11.6 Å². The number of aryl methyl sites for hydroxylation is 1. The Bertz CT molecular complexity index is 786. The molecule has 0 aliphatic carbocycles. The van der Waals surface area contributed by atoms with Crippen molar-refractivity contribution in [2.24, 2.45) is 0 Å². The Morgan fingerprint density at radius 3 is 2.18 bits per heavy atom.